The zero-order valence-electron chi connectivity index (χ0n) is 7.29. The Hall–Kier alpha value is -0.870. The average Bonchev–Trinajstić information content (AvgIpc) is 2.17. The van der Waals surface area contributed by atoms with Crippen LogP contribution in [0.15, 0.2) is 27.6 Å². The van der Waals surface area contributed by atoms with Crippen molar-refractivity contribution < 1.29 is 0 Å². The third-order valence-electron chi connectivity index (χ3n) is 2.01. The summed E-state index contributed by atoms with van der Waals surface area (Å²) in [7, 11) is 1.67. The predicted octanol–water partition coefficient (Wildman–Crippen LogP) is 2.35. The summed E-state index contributed by atoms with van der Waals surface area (Å²) in [5.41, 5.74) is 0.470. The Morgan fingerprint density at radius 2 is 2.29 bits per heavy atom. The van der Waals surface area contributed by atoms with Crippen molar-refractivity contribution in [2.45, 2.75) is 0 Å². The number of aromatic nitrogens is 2. The summed E-state index contributed by atoms with van der Waals surface area (Å²) in [5.74, 6) is 0. The molecule has 0 saturated carbocycles. The molecule has 0 amide bonds. The molecule has 14 heavy (non-hydrogen) atoms. The van der Waals surface area contributed by atoms with Gasteiger partial charge in [-0.25, -0.2) is 4.98 Å². The van der Waals surface area contributed by atoms with E-state index in [1.54, 1.807) is 25.4 Å². The van der Waals surface area contributed by atoms with Crippen LogP contribution in [0.1, 0.15) is 0 Å². The SMILES string of the molecule is Cn1c(=O)c(Br)cc2c(Cl)ccnc21. The van der Waals surface area contributed by atoms with Gasteiger partial charge in [-0.1, -0.05) is 11.6 Å². The highest BCUT2D eigenvalue weighted by molar-refractivity contribution is 9.10. The van der Waals surface area contributed by atoms with E-state index >= 15 is 0 Å². The van der Waals surface area contributed by atoms with Crippen molar-refractivity contribution >= 4 is 38.6 Å². The van der Waals surface area contributed by atoms with Gasteiger partial charge in [0.15, 0.2) is 0 Å². The Kier molecular flexibility index (Phi) is 2.33. The summed E-state index contributed by atoms with van der Waals surface area (Å²) >= 11 is 9.16. The molecule has 2 heterocycles. The van der Waals surface area contributed by atoms with Crippen LogP contribution in [0.2, 0.25) is 5.02 Å². The molecule has 0 aliphatic heterocycles. The van der Waals surface area contributed by atoms with Crippen molar-refractivity contribution in [2.24, 2.45) is 7.05 Å². The fourth-order valence-corrected chi connectivity index (χ4v) is 1.98. The number of hydrogen-bond donors (Lipinski definition) is 0. The van der Waals surface area contributed by atoms with E-state index in [4.69, 9.17) is 11.6 Å². The normalized spacial score (nSPS) is 10.8. The highest BCUT2D eigenvalue weighted by Gasteiger charge is 2.07. The van der Waals surface area contributed by atoms with Gasteiger partial charge < -0.3 is 0 Å². The van der Waals surface area contributed by atoms with Gasteiger partial charge >= 0.3 is 0 Å². The molecule has 2 rings (SSSR count). The summed E-state index contributed by atoms with van der Waals surface area (Å²) in [6.07, 6.45) is 1.58. The van der Waals surface area contributed by atoms with Crippen LogP contribution >= 0.6 is 27.5 Å². The monoisotopic (exact) mass is 272 g/mol. The van der Waals surface area contributed by atoms with Gasteiger partial charge in [0.05, 0.1) is 9.50 Å². The van der Waals surface area contributed by atoms with E-state index in [0.29, 0.717) is 15.1 Å². The number of hydrogen-bond acceptors (Lipinski definition) is 2. The zero-order chi connectivity index (χ0) is 10.3. The first kappa shape index (κ1) is 9.68. The van der Waals surface area contributed by atoms with Gasteiger partial charge in [0, 0.05) is 18.6 Å². The van der Waals surface area contributed by atoms with Gasteiger partial charge in [0.25, 0.3) is 5.56 Å². The van der Waals surface area contributed by atoms with Crippen molar-refractivity contribution in [1.29, 1.82) is 0 Å². The maximum Gasteiger partial charge on any atom is 0.266 e. The molecule has 5 heteroatoms. The Balaban J connectivity index is 3.06. The van der Waals surface area contributed by atoms with E-state index < -0.39 is 0 Å². The lowest BCUT2D eigenvalue weighted by molar-refractivity contribution is 0.881. The molecule has 0 N–H and O–H groups in total. The molecule has 0 aromatic carbocycles. The maximum atomic E-state index is 11.5. The maximum absolute atomic E-state index is 11.5. The summed E-state index contributed by atoms with van der Waals surface area (Å²) in [6, 6.07) is 3.38. The van der Waals surface area contributed by atoms with E-state index in [2.05, 4.69) is 20.9 Å². The van der Waals surface area contributed by atoms with Crippen LogP contribution in [0.5, 0.6) is 0 Å². The molecule has 3 nitrogen and oxygen atoms in total. The Bertz CT molecular complexity index is 564. The lowest BCUT2D eigenvalue weighted by Gasteiger charge is -2.05. The average molecular weight is 274 g/mol. The topological polar surface area (TPSA) is 34.9 Å². The van der Waals surface area contributed by atoms with Gasteiger partial charge in [-0.15, -0.1) is 0 Å². The number of fused-ring (bicyclic) bond motifs is 1. The zero-order valence-corrected chi connectivity index (χ0v) is 9.63. The van der Waals surface area contributed by atoms with Crippen LogP contribution in [-0.4, -0.2) is 9.55 Å². The summed E-state index contributed by atoms with van der Waals surface area (Å²) in [6.45, 7) is 0. The van der Waals surface area contributed by atoms with E-state index in [9.17, 15) is 4.79 Å². The fraction of sp³-hybridized carbons (Fsp3) is 0.111. The molecule has 2 aromatic rings. The minimum atomic E-state index is -0.118. The second-order valence-electron chi connectivity index (χ2n) is 2.89. The van der Waals surface area contributed by atoms with Crippen molar-refractivity contribution in [3.63, 3.8) is 0 Å². The Morgan fingerprint density at radius 3 is 3.00 bits per heavy atom. The lowest BCUT2D eigenvalue weighted by Crippen LogP contribution is -2.18. The molecule has 2 aromatic heterocycles. The summed E-state index contributed by atoms with van der Waals surface area (Å²) in [4.78, 5) is 15.6. The predicted molar refractivity (Wildman–Crippen MR) is 59.7 cm³/mol. The molecule has 72 valence electrons. The highest BCUT2D eigenvalue weighted by Crippen LogP contribution is 2.21. The van der Waals surface area contributed by atoms with Gasteiger partial charge in [0.2, 0.25) is 0 Å². The number of rotatable bonds is 0. The van der Waals surface area contributed by atoms with E-state index in [1.165, 1.54) is 4.57 Å². The Morgan fingerprint density at radius 1 is 1.57 bits per heavy atom. The second-order valence-corrected chi connectivity index (χ2v) is 4.15. The van der Waals surface area contributed by atoms with Crippen LogP contribution < -0.4 is 5.56 Å². The minimum absolute atomic E-state index is 0.118. The molecule has 0 unspecified atom stereocenters. The number of pyridine rings is 2. The van der Waals surface area contributed by atoms with Gasteiger partial charge in [-0.3, -0.25) is 9.36 Å². The van der Waals surface area contributed by atoms with Crippen LogP contribution in [-0.2, 0) is 7.05 Å². The Labute approximate surface area is 93.5 Å². The van der Waals surface area contributed by atoms with E-state index in [0.717, 1.165) is 5.39 Å². The molecule has 0 fully saturated rings. The minimum Gasteiger partial charge on any atom is -0.295 e. The molecule has 0 spiro atoms. The lowest BCUT2D eigenvalue weighted by atomic mass is 10.3. The van der Waals surface area contributed by atoms with Crippen molar-refractivity contribution in [1.82, 2.24) is 9.55 Å². The molecular weight excluding hydrogens is 267 g/mol. The van der Waals surface area contributed by atoms with Crippen molar-refractivity contribution in [3.8, 4) is 0 Å². The van der Waals surface area contributed by atoms with Gasteiger partial charge in [0.1, 0.15) is 5.65 Å². The number of halogens is 2. The van der Waals surface area contributed by atoms with Crippen LogP contribution in [0, 0.1) is 0 Å². The third-order valence-corrected chi connectivity index (χ3v) is 2.91. The third kappa shape index (κ3) is 1.35. The van der Waals surface area contributed by atoms with Crippen LogP contribution in [0.3, 0.4) is 0 Å². The highest BCUT2D eigenvalue weighted by atomic mass is 79.9. The molecule has 0 aliphatic carbocycles. The quantitative estimate of drug-likeness (QED) is 0.738. The van der Waals surface area contributed by atoms with E-state index in [1.807, 2.05) is 0 Å². The first-order chi connectivity index (χ1) is 6.61. The molecule has 0 atom stereocenters. The molecular formula is C9H6BrClN2O. The largest absolute Gasteiger partial charge is 0.295 e. The van der Waals surface area contributed by atoms with Crippen LogP contribution in [0.25, 0.3) is 11.0 Å². The smallest absolute Gasteiger partial charge is 0.266 e. The van der Waals surface area contributed by atoms with Crippen molar-refractivity contribution in [3.05, 3.63) is 38.2 Å². The first-order valence-corrected chi connectivity index (χ1v) is 5.08. The second kappa shape index (κ2) is 3.37. The fourth-order valence-electron chi connectivity index (χ4n) is 1.29. The van der Waals surface area contributed by atoms with Crippen LogP contribution in [0.4, 0.5) is 0 Å². The number of nitrogens with zero attached hydrogens (tertiary/aromatic N) is 2. The summed E-state index contributed by atoms with van der Waals surface area (Å²) < 4.78 is 1.95. The van der Waals surface area contributed by atoms with Gasteiger partial charge in [-0.2, -0.15) is 0 Å². The first-order valence-electron chi connectivity index (χ1n) is 3.91. The summed E-state index contributed by atoms with van der Waals surface area (Å²) in [5, 5.41) is 1.36. The molecule has 0 saturated heterocycles. The van der Waals surface area contributed by atoms with Crippen molar-refractivity contribution in [2.75, 3.05) is 0 Å². The number of aryl methyl sites for hydroxylation is 1. The van der Waals surface area contributed by atoms with E-state index in [-0.39, 0.29) is 5.56 Å². The molecule has 0 radical (unpaired) electrons. The van der Waals surface area contributed by atoms with Gasteiger partial charge in [-0.05, 0) is 28.1 Å². The molecule has 0 aliphatic rings. The molecule has 0 bridgehead atoms. The standard InChI is InChI=1S/C9H6BrClN2O/c1-13-8-5(4-6(10)9(13)14)7(11)2-3-12-8/h2-4H,1H3.